The standard InChI is InChI=1S/C12H11N9O5/c13-10-11(18-26-17-10)20-5-8(15-19-20)12(23)16-14-4-6-1-2-7(21(24)25)3-9(6)22/h1-3,5,14,22H,4H2,(H2,13,17)(H,16,23). The first kappa shape index (κ1) is 16.8. The Kier molecular flexibility index (Phi) is 4.40. The van der Waals surface area contributed by atoms with Crippen molar-refractivity contribution >= 4 is 17.4 Å². The minimum atomic E-state index is -0.626. The van der Waals surface area contributed by atoms with Crippen molar-refractivity contribution in [3.05, 3.63) is 45.8 Å². The molecule has 1 amide bonds. The number of carbonyl (C=O) groups is 1. The molecule has 134 valence electrons. The van der Waals surface area contributed by atoms with Crippen molar-refractivity contribution in [3.63, 3.8) is 0 Å². The number of nitro benzene ring substituents is 1. The van der Waals surface area contributed by atoms with Crippen molar-refractivity contribution in [1.82, 2.24) is 36.2 Å². The average molecular weight is 361 g/mol. The van der Waals surface area contributed by atoms with Gasteiger partial charge in [0.05, 0.1) is 17.2 Å². The lowest BCUT2D eigenvalue weighted by molar-refractivity contribution is -0.384. The highest BCUT2D eigenvalue weighted by Gasteiger charge is 2.16. The molecule has 3 aromatic rings. The summed E-state index contributed by atoms with van der Waals surface area (Å²) in [5.41, 5.74) is 10.5. The first-order chi connectivity index (χ1) is 12.5. The summed E-state index contributed by atoms with van der Waals surface area (Å²) in [6.45, 7) is 0.0177. The number of hydrogen-bond donors (Lipinski definition) is 4. The summed E-state index contributed by atoms with van der Waals surface area (Å²) in [6.07, 6.45) is 1.26. The lowest BCUT2D eigenvalue weighted by Gasteiger charge is -2.07. The predicted molar refractivity (Wildman–Crippen MR) is 82.7 cm³/mol. The Morgan fingerprint density at radius 1 is 1.42 bits per heavy atom. The van der Waals surface area contributed by atoms with Gasteiger partial charge >= 0.3 is 0 Å². The number of amides is 1. The molecule has 1 aromatic carbocycles. The van der Waals surface area contributed by atoms with Crippen LogP contribution in [-0.2, 0) is 6.54 Å². The molecule has 0 aliphatic carbocycles. The normalized spacial score (nSPS) is 10.6. The molecule has 0 bridgehead atoms. The molecule has 0 saturated heterocycles. The second-order valence-corrected chi connectivity index (χ2v) is 4.90. The molecule has 0 spiro atoms. The number of benzene rings is 1. The van der Waals surface area contributed by atoms with E-state index >= 15 is 0 Å². The summed E-state index contributed by atoms with van der Waals surface area (Å²) in [7, 11) is 0. The number of nitrogens with one attached hydrogen (secondary N) is 2. The zero-order valence-corrected chi connectivity index (χ0v) is 12.9. The van der Waals surface area contributed by atoms with Gasteiger partial charge in [0.2, 0.25) is 11.6 Å². The number of nitrogens with two attached hydrogens (primary N) is 1. The van der Waals surface area contributed by atoms with Gasteiger partial charge in [-0.3, -0.25) is 20.3 Å². The van der Waals surface area contributed by atoms with E-state index < -0.39 is 10.8 Å². The van der Waals surface area contributed by atoms with Crippen molar-refractivity contribution in [2.24, 2.45) is 0 Å². The van der Waals surface area contributed by atoms with Crippen LogP contribution in [0.1, 0.15) is 16.1 Å². The number of hydrazine groups is 1. The summed E-state index contributed by atoms with van der Waals surface area (Å²) in [4.78, 5) is 22.0. The largest absolute Gasteiger partial charge is 0.507 e. The maximum Gasteiger partial charge on any atom is 0.287 e. The maximum atomic E-state index is 12.0. The third-order valence-corrected chi connectivity index (χ3v) is 3.20. The van der Waals surface area contributed by atoms with Gasteiger partial charge in [-0.05, 0) is 16.4 Å². The van der Waals surface area contributed by atoms with Crippen LogP contribution in [-0.4, -0.2) is 41.2 Å². The first-order valence-electron chi connectivity index (χ1n) is 6.96. The summed E-state index contributed by atoms with van der Waals surface area (Å²) in [6, 6.07) is 3.62. The number of non-ortho nitro benzene ring substituents is 1. The number of aromatic hydroxyl groups is 1. The molecular weight excluding hydrogens is 350 g/mol. The zero-order chi connectivity index (χ0) is 18.7. The molecule has 14 heteroatoms. The van der Waals surface area contributed by atoms with E-state index in [0.29, 0.717) is 5.56 Å². The summed E-state index contributed by atoms with van der Waals surface area (Å²) >= 11 is 0. The summed E-state index contributed by atoms with van der Waals surface area (Å²) in [5, 5.41) is 34.6. The zero-order valence-electron chi connectivity index (χ0n) is 12.9. The average Bonchev–Trinajstić information content (AvgIpc) is 3.24. The van der Waals surface area contributed by atoms with Crippen molar-refractivity contribution in [3.8, 4) is 11.6 Å². The highest BCUT2D eigenvalue weighted by molar-refractivity contribution is 5.91. The first-order valence-corrected chi connectivity index (χ1v) is 6.96. The van der Waals surface area contributed by atoms with Crippen molar-refractivity contribution in [1.29, 1.82) is 0 Å². The van der Waals surface area contributed by atoms with Crippen molar-refractivity contribution in [2.45, 2.75) is 6.54 Å². The topological polar surface area (TPSA) is 200 Å². The predicted octanol–water partition coefficient (Wildman–Crippen LogP) is -0.719. The van der Waals surface area contributed by atoms with Gasteiger partial charge in [-0.25, -0.2) is 10.1 Å². The number of rotatable bonds is 6. The van der Waals surface area contributed by atoms with E-state index in [2.05, 4.69) is 36.1 Å². The van der Waals surface area contributed by atoms with E-state index in [1.54, 1.807) is 0 Å². The highest BCUT2D eigenvalue weighted by atomic mass is 16.6. The molecular formula is C12H11N9O5. The molecule has 14 nitrogen and oxygen atoms in total. The molecule has 0 unspecified atom stereocenters. The molecule has 0 saturated carbocycles. The van der Waals surface area contributed by atoms with Crippen LogP contribution >= 0.6 is 0 Å². The number of phenols is 1. The number of nitro groups is 1. The summed E-state index contributed by atoms with van der Waals surface area (Å²) < 4.78 is 5.54. The quantitative estimate of drug-likeness (QED) is 0.319. The second kappa shape index (κ2) is 6.81. The molecule has 5 N–H and O–H groups in total. The molecule has 2 heterocycles. The third kappa shape index (κ3) is 3.39. The molecule has 2 aromatic heterocycles. The van der Waals surface area contributed by atoms with Gasteiger partial charge in [0.15, 0.2) is 5.69 Å². The van der Waals surface area contributed by atoms with Crippen LogP contribution in [0.25, 0.3) is 5.82 Å². The van der Waals surface area contributed by atoms with Gasteiger partial charge in [-0.2, -0.15) is 4.68 Å². The molecule has 3 rings (SSSR count). The van der Waals surface area contributed by atoms with Gasteiger partial charge in [-0.15, -0.1) is 5.10 Å². The minimum absolute atomic E-state index is 0.0177. The van der Waals surface area contributed by atoms with Crippen molar-refractivity contribution < 1.29 is 19.5 Å². The lowest BCUT2D eigenvalue weighted by atomic mass is 10.2. The highest BCUT2D eigenvalue weighted by Crippen LogP contribution is 2.23. The van der Waals surface area contributed by atoms with E-state index in [9.17, 15) is 20.0 Å². The van der Waals surface area contributed by atoms with Gasteiger partial charge in [-0.1, -0.05) is 5.21 Å². The number of anilines is 1. The van der Waals surface area contributed by atoms with Gasteiger partial charge in [0.25, 0.3) is 11.6 Å². The van der Waals surface area contributed by atoms with Gasteiger partial charge < -0.3 is 10.8 Å². The molecule has 0 aliphatic heterocycles. The van der Waals surface area contributed by atoms with Crippen LogP contribution < -0.4 is 16.6 Å². The smallest absolute Gasteiger partial charge is 0.287 e. The molecule has 0 atom stereocenters. The van der Waals surface area contributed by atoms with Gasteiger partial charge in [0, 0.05) is 18.2 Å². The van der Waals surface area contributed by atoms with E-state index in [1.807, 2.05) is 0 Å². The number of nitrogens with zero attached hydrogens (tertiary/aromatic N) is 6. The molecule has 26 heavy (non-hydrogen) atoms. The maximum absolute atomic E-state index is 12.0. The number of hydrogen-bond acceptors (Lipinski definition) is 11. The number of phenolic OH excluding ortho intramolecular Hbond substituents is 1. The van der Waals surface area contributed by atoms with Crippen LogP contribution in [0.3, 0.4) is 0 Å². The van der Waals surface area contributed by atoms with E-state index in [0.717, 1.165) is 10.7 Å². The Labute approximate surface area is 143 Å². The fourth-order valence-corrected chi connectivity index (χ4v) is 1.92. The number of aromatic nitrogens is 5. The summed E-state index contributed by atoms with van der Waals surface area (Å²) in [5.74, 6) is -0.831. The van der Waals surface area contributed by atoms with E-state index in [4.69, 9.17) is 5.73 Å². The van der Waals surface area contributed by atoms with E-state index in [1.165, 1.54) is 18.3 Å². The fourth-order valence-electron chi connectivity index (χ4n) is 1.92. The van der Waals surface area contributed by atoms with Crippen LogP contribution in [0, 0.1) is 10.1 Å². The van der Waals surface area contributed by atoms with Crippen LogP contribution in [0.4, 0.5) is 11.5 Å². The van der Waals surface area contributed by atoms with Crippen LogP contribution in [0.15, 0.2) is 29.0 Å². The Balaban J connectivity index is 1.59. The lowest BCUT2D eigenvalue weighted by Crippen LogP contribution is -2.37. The second-order valence-electron chi connectivity index (χ2n) is 4.90. The van der Waals surface area contributed by atoms with Crippen LogP contribution in [0.2, 0.25) is 0 Å². The SMILES string of the molecule is Nc1nonc1-n1cc(C(=O)NNCc2ccc([N+](=O)[O-])cc2O)nn1. The van der Waals surface area contributed by atoms with Crippen molar-refractivity contribution in [2.75, 3.05) is 5.73 Å². The Hall–Kier alpha value is -4.07. The van der Waals surface area contributed by atoms with Crippen LogP contribution in [0.5, 0.6) is 5.75 Å². The fraction of sp³-hybridized carbons (Fsp3) is 0.0833. The molecule has 0 fully saturated rings. The van der Waals surface area contributed by atoms with Gasteiger partial charge in [0.1, 0.15) is 5.75 Å². The molecule has 0 radical (unpaired) electrons. The minimum Gasteiger partial charge on any atom is -0.507 e. The number of nitrogen functional groups attached to an aromatic ring is 1. The third-order valence-electron chi connectivity index (χ3n) is 3.20. The monoisotopic (exact) mass is 361 g/mol. The Morgan fingerprint density at radius 3 is 2.88 bits per heavy atom. The number of carbonyl (C=O) groups excluding carboxylic acids is 1. The molecule has 0 aliphatic rings. The van der Waals surface area contributed by atoms with E-state index in [-0.39, 0.29) is 35.3 Å². The Bertz CT molecular complexity index is 966. The Morgan fingerprint density at radius 2 is 2.23 bits per heavy atom.